The molecule has 1 nitrogen and oxygen atoms in total. The van der Waals surface area contributed by atoms with E-state index < -0.39 is 0 Å². The van der Waals surface area contributed by atoms with Crippen LogP contribution in [-0.2, 0) is 6.42 Å². The van der Waals surface area contributed by atoms with Gasteiger partial charge in [0.05, 0.1) is 5.69 Å². The van der Waals surface area contributed by atoms with Crippen LogP contribution in [0.25, 0.3) is 0 Å². The molecule has 0 fully saturated rings. The summed E-state index contributed by atoms with van der Waals surface area (Å²) in [6, 6.07) is 12.2. The minimum atomic E-state index is 0.647. The molecule has 0 unspecified atom stereocenters. The normalized spacial score (nSPS) is 10.3. The monoisotopic (exact) mass is 236 g/mol. The molecule has 75 valence electrons. The number of benzene rings is 1. The van der Waals surface area contributed by atoms with E-state index in [4.69, 9.17) is 23.2 Å². The van der Waals surface area contributed by atoms with Gasteiger partial charge in [0.2, 0.25) is 0 Å². The lowest BCUT2D eigenvalue weighted by Crippen LogP contribution is -1.92. The number of rotatable bonds is 2. The Labute approximate surface area is 98.7 Å². The smallest absolute Gasteiger partial charge is 0.0526 e. The van der Waals surface area contributed by atoms with Crippen molar-refractivity contribution < 1.29 is 0 Å². The first-order chi connectivity index (χ1) is 7.25. The van der Waals surface area contributed by atoms with Crippen LogP contribution in [0.2, 0.25) is 10.0 Å². The second kappa shape index (κ2) is 4.65. The van der Waals surface area contributed by atoms with Gasteiger partial charge in [0.1, 0.15) is 0 Å². The fourth-order valence-corrected chi connectivity index (χ4v) is 1.78. The van der Waals surface area contributed by atoms with Gasteiger partial charge in [-0.3, -0.25) is 4.98 Å². The third-order valence-electron chi connectivity index (χ3n) is 2.04. The molecule has 0 bridgehead atoms. The Morgan fingerprint density at radius 2 is 2.13 bits per heavy atom. The molecular weight excluding hydrogens is 229 g/mol. The van der Waals surface area contributed by atoms with E-state index in [-0.39, 0.29) is 0 Å². The summed E-state index contributed by atoms with van der Waals surface area (Å²) in [5.74, 6) is 0. The number of aromatic nitrogens is 1. The molecule has 0 aliphatic heterocycles. The van der Waals surface area contributed by atoms with Crippen molar-refractivity contribution in [3.8, 4) is 0 Å². The summed E-state index contributed by atoms with van der Waals surface area (Å²) in [7, 11) is 0. The molecular formula is C12H8Cl2N. The maximum absolute atomic E-state index is 6.05. The van der Waals surface area contributed by atoms with Crippen LogP contribution in [0.5, 0.6) is 0 Å². The van der Waals surface area contributed by atoms with Crippen LogP contribution in [0.4, 0.5) is 0 Å². The van der Waals surface area contributed by atoms with Crippen molar-refractivity contribution in [2.75, 3.05) is 0 Å². The molecule has 1 heterocycles. The molecule has 3 heteroatoms. The van der Waals surface area contributed by atoms with Crippen molar-refractivity contribution in [3.63, 3.8) is 0 Å². The SMILES string of the molecule is Clc1ccc(Cc2[c]cccn2)c(Cl)c1. The topological polar surface area (TPSA) is 12.9 Å². The van der Waals surface area contributed by atoms with Crippen LogP contribution in [0.1, 0.15) is 11.3 Å². The van der Waals surface area contributed by atoms with E-state index in [9.17, 15) is 0 Å². The van der Waals surface area contributed by atoms with Gasteiger partial charge in [0, 0.05) is 28.7 Å². The van der Waals surface area contributed by atoms with E-state index in [1.807, 2.05) is 24.3 Å². The molecule has 2 rings (SSSR count). The van der Waals surface area contributed by atoms with Crippen LogP contribution in [0.3, 0.4) is 0 Å². The number of halogens is 2. The van der Waals surface area contributed by atoms with Crippen molar-refractivity contribution in [2.45, 2.75) is 6.42 Å². The van der Waals surface area contributed by atoms with Crippen molar-refractivity contribution >= 4 is 23.2 Å². The maximum atomic E-state index is 6.05. The number of nitrogens with zero attached hydrogens (tertiary/aromatic N) is 1. The molecule has 1 aromatic carbocycles. The lowest BCUT2D eigenvalue weighted by Gasteiger charge is -2.03. The average molecular weight is 237 g/mol. The van der Waals surface area contributed by atoms with Crippen LogP contribution >= 0.6 is 23.2 Å². The largest absolute Gasteiger partial charge is 0.260 e. The van der Waals surface area contributed by atoms with E-state index in [2.05, 4.69) is 11.1 Å². The summed E-state index contributed by atoms with van der Waals surface area (Å²) >= 11 is 11.9. The molecule has 1 radical (unpaired) electrons. The van der Waals surface area contributed by atoms with Gasteiger partial charge in [-0.1, -0.05) is 35.3 Å². The minimum Gasteiger partial charge on any atom is -0.260 e. The predicted molar refractivity (Wildman–Crippen MR) is 62.3 cm³/mol. The first-order valence-corrected chi connectivity index (χ1v) is 5.27. The van der Waals surface area contributed by atoms with E-state index in [0.29, 0.717) is 16.5 Å². The highest BCUT2D eigenvalue weighted by Crippen LogP contribution is 2.22. The van der Waals surface area contributed by atoms with Crippen LogP contribution in [0, 0.1) is 6.07 Å². The fraction of sp³-hybridized carbons (Fsp3) is 0.0833. The third kappa shape index (κ3) is 2.71. The van der Waals surface area contributed by atoms with Gasteiger partial charge in [-0.15, -0.1) is 0 Å². The summed E-state index contributed by atoms with van der Waals surface area (Å²) < 4.78 is 0. The minimum absolute atomic E-state index is 0.647. The molecule has 0 atom stereocenters. The summed E-state index contributed by atoms with van der Waals surface area (Å²) in [5, 5.41) is 1.32. The van der Waals surface area contributed by atoms with Crippen LogP contribution in [-0.4, -0.2) is 4.98 Å². The van der Waals surface area contributed by atoms with Gasteiger partial charge in [0.25, 0.3) is 0 Å². The zero-order valence-electron chi connectivity index (χ0n) is 7.87. The zero-order valence-corrected chi connectivity index (χ0v) is 9.39. The van der Waals surface area contributed by atoms with E-state index in [0.717, 1.165) is 11.3 Å². The highest BCUT2D eigenvalue weighted by molar-refractivity contribution is 6.35. The Hall–Kier alpha value is -1.05. The molecule has 0 spiro atoms. The second-order valence-electron chi connectivity index (χ2n) is 3.14. The van der Waals surface area contributed by atoms with Crippen molar-refractivity contribution in [1.82, 2.24) is 4.98 Å². The summed E-state index contributed by atoms with van der Waals surface area (Å²) in [5.41, 5.74) is 1.89. The Morgan fingerprint density at radius 3 is 2.80 bits per heavy atom. The Morgan fingerprint density at radius 1 is 1.27 bits per heavy atom. The van der Waals surface area contributed by atoms with Gasteiger partial charge in [-0.25, -0.2) is 0 Å². The highest BCUT2D eigenvalue weighted by Gasteiger charge is 2.03. The summed E-state index contributed by atoms with van der Waals surface area (Å²) in [4.78, 5) is 4.19. The van der Waals surface area contributed by atoms with Crippen molar-refractivity contribution in [2.24, 2.45) is 0 Å². The summed E-state index contributed by atoms with van der Waals surface area (Å²) in [6.45, 7) is 0. The lowest BCUT2D eigenvalue weighted by atomic mass is 10.1. The molecule has 0 aliphatic rings. The van der Waals surface area contributed by atoms with Gasteiger partial charge in [-0.2, -0.15) is 0 Å². The maximum Gasteiger partial charge on any atom is 0.0526 e. The second-order valence-corrected chi connectivity index (χ2v) is 3.98. The Kier molecular flexibility index (Phi) is 3.24. The number of hydrogen-bond donors (Lipinski definition) is 0. The Balaban J connectivity index is 2.25. The molecule has 15 heavy (non-hydrogen) atoms. The van der Waals surface area contributed by atoms with Crippen LogP contribution in [0.15, 0.2) is 36.5 Å². The zero-order chi connectivity index (χ0) is 10.7. The molecule has 0 aliphatic carbocycles. The molecule has 2 aromatic rings. The molecule has 0 amide bonds. The van der Waals surface area contributed by atoms with Gasteiger partial charge in [0.15, 0.2) is 0 Å². The average Bonchev–Trinajstić information content (AvgIpc) is 2.24. The predicted octanol–water partition coefficient (Wildman–Crippen LogP) is 3.78. The highest BCUT2D eigenvalue weighted by atomic mass is 35.5. The quantitative estimate of drug-likeness (QED) is 0.774. The molecule has 0 saturated carbocycles. The Bertz CT molecular complexity index is 454. The fourth-order valence-electron chi connectivity index (χ4n) is 1.30. The summed E-state index contributed by atoms with van der Waals surface area (Å²) in [6.07, 6.45) is 2.42. The molecule has 0 saturated heterocycles. The molecule has 1 aromatic heterocycles. The standard InChI is InChI=1S/C12H8Cl2N/c13-10-5-4-9(12(14)8-10)7-11-3-1-2-6-15-11/h1-2,4-6,8H,7H2. The van der Waals surface area contributed by atoms with E-state index in [1.165, 1.54) is 0 Å². The van der Waals surface area contributed by atoms with E-state index >= 15 is 0 Å². The van der Waals surface area contributed by atoms with Gasteiger partial charge in [-0.05, 0) is 23.8 Å². The van der Waals surface area contributed by atoms with Gasteiger partial charge < -0.3 is 0 Å². The van der Waals surface area contributed by atoms with Crippen LogP contribution < -0.4 is 0 Å². The lowest BCUT2D eigenvalue weighted by molar-refractivity contribution is 1.07. The van der Waals surface area contributed by atoms with Gasteiger partial charge >= 0.3 is 0 Å². The van der Waals surface area contributed by atoms with Crippen molar-refractivity contribution in [3.05, 3.63) is 63.9 Å². The van der Waals surface area contributed by atoms with E-state index in [1.54, 1.807) is 12.3 Å². The number of hydrogen-bond acceptors (Lipinski definition) is 1. The van der Waals surface area contributed by atoms with Crippen molar-refractivity contribution in [1.29, 1.82) is 0 Å². The third-order valence-corrected chi connectivity index (χ3v) is 2.62. The molecule has 0 N–H and O–H groups in total. The number of pyridine rings is 1. The first kappa shape index (κ1) is 10.5. The first-order valence-electron chi connectivity index (χ1n) is 4.51.